The van der Waals surface area contributed by atoms with Crippen LogP contribution in [0.5, 0.6) is 0 Å². The van der Waals surface area contributed by atoms with E-state index in [1.54, 1.807) is 6.92 Å². The molecule has 9 heteroatoms. The van der Waals surface area contributed by atoms with Gasteiger partial charge < -0.3 is 5.73 Å². The molecular formula is C10H10ClN5O2S. The third-order valence-electron chi connectivity index (χ3n) is 2.12. The van der Waals surface area contributed by atoms with Crippen molar-refractivity contribution in [3.05, 3.63) is 35.2 Å². The highest BCUT2D eigenvalue weighted by molar-refractivity contribution is 7.92. The maximum absolute atomic E-state index is 12.0. The average Bonchev–Trinajstić information content (AvgIpc) is 2.27. The number of nitrogens with two attached hydrogens (primary N) is 1. The van der Waals surface area contributed by atoms with Gasteiger partial charge in [-0.05, 0) is 25.1 Å². The molecule has 2 aromatic rings. The first-order chi connectivity index (χ1) is 8.87. The Bertz CT molecular complexity index is 682. The van der Waals surface area contributed by atoms with E-state index >= 15 is 0 Å². The smallest absolute Gasteiger partial charge is 0.265 e. The molecule has 7 nitrogen and oxygen atoms in total. The molecule has 0 aliphatic rings. The summed E-state index contributed by atoms with van der Waals surface area (Å²) in [7, 11) is -3.82. The lowest BCUT2D eigenvalue weighted by molar-refractivity contribution is 0.600. The Labute approximate surface area is 114 Å². The number of aromatic nitrogens is 3. The number of rotatable bonds is 3. The van der Waals surface area contributed by atoms with Gasteiger partial charge in [0.15, 0.2) is 0 Å². The summed E-state index contributed by atoms with van der Waals surface area (Å²) in [6, 6.07) is 4.24. The minimum absolute atomic E-state index is 0.0390. The van der Waals surface area contributed by atoms with Gasteiger partial charge in [-0.25, -0.2) is 28.1 Å². The summed E-state index contributed by atoms with van der Waals surface area (Å²) < 4.78 is 26.3. The minimum atomic E-state index is -3.82. The van der Waals surface area contributed by atoms with E-state index in [2.05, 4.69) is 19.7 Å². The molecule has 0 aromatic carbocycles. The molecule has 2 heterocycles. The standard InChI is InChI=1S/C10H10ClN5O2S/c1-6-4-8(11)15-10(14-6)16-19(17,18)7-2-3-9(12)13-5-7/h2-5H,1H3,(H2,12,13)(H,14,15,16). The van der Waals surface area contributed by atoms with Crippen LogP contribution in [0.1, 0.15) is 5.69 Å². The van der Waals surface area contributed by atoms with Crippen LogP contribution in [0.4, 0.5) is 11.8 Å². The lowest BCUT2D eigenvalue weighted by atomic mass is 10.5. The first-order valence-electron chi connectivity index (χ1n) is 5.12. The maximum Gasteiger partial charge on any atom is 0.265 e. The van der Waals surface area contributed by atoms with Gasteiger partial charge in [-0.3, -0.25) is 0 Å². The summed E-state index contributed by atoms with van der Waals surface area (Å²) in [4.78, 5) is 11.4. The van der Waals surface area contributed by atoms with E-state index in [4.69, 9.17) is 17.3 Å². The van der Waals surface area contributed by atoms with E-state index in [1.807, 2.05) is 0 Å². The fraction of sp³-hybridized carbons (Fsp3) is 0.100. The van der Waals surface area contributed by atoms with Crippen LogP contribution in [0.15, 0.2) is 29.3 Å². The fourth-order valence-electron chi connectivity index (χ4n) is 1.31. The number of nitrogens with zero attached hydrogens (tertiary/aromatic N) is 3. The quantitative estimate of drug-likeness (QED) is 0.824. The minimum Gasteiger partial charge on any atom is -0.384 e. The normalized spacial score (nSPS) is 11.3. The van der Waals surface area contributed by atoms with Crippen molar-refractivity contribution in [2.24, 2.45) is 0 Å². The Morgan fingerprint density at radius 3 is 2.63 bits per heavy atom. The molecule has 0 unspecified atom stereocenters. The van der Waals surface area contributed by atoms with Gasteiger partial charge >= 0.3 is 0 Å². The summed E-state index contributed by atoms with van der Waals surface area (Å²) in [5, 5.41) is 0.153. The van der Waals surface area contributed by atoms with E-state index in [0.717, 1.165) is 6.20 Å². The first kappa shape index (κ1) is 13.5. The molecule has 0 bridgehead atoms. The SMILES string of the molecule is Cc1cc(Cl)nc(NS(=O)(=O)c2ccc(N)nc2)n1. The van der Waals surface area contributed by atoms with Gasteiger partial charge in [-0.2, -0.15) is 0 Å². The third-order valence-corrected chi connectivity index (χ3v) is 3.63. The molecule has 2 rings (SSSR count). The van der Waals surface area contributed by atoms with Gasteiger partial charge in [-0.15, -0.1) is 0 Å². The molecule has 3 N–H and O–H groups in total. The van der Waals surface area contributed by atoms with E-state index in [9.17, 15) is 8.42 Å². The summed E-state index contributed by atoms with van der Waals surface area (Å²) >= 11 is 5.73. The van der Waals surface area contributed by atoms with E-state index in [1.165, 1.54) is 18.2 Å². The summed E-state index contributed by atoms with van der Waals surface area (Å²) in [5.74, 6) is 0.135. The Hall–Kier alpha value is -1.93. The van der Waals surface area contributed by atoms with Gasteiger partial charge in [-0.1, -0.05) is 11.6 Å². The molecular weight excluding hydrogens is 290 g/mol. The molecule has 0 atom stereocenters. The number of hydrogen-bond donors (Lipinski definition) is 2. The zero-order chi connectivity index (χ0) is 14.0. The Morgan fingerprint density at radius 1 is 1.32 bits per heavy atom. The second-order valence-electron chi connectivity index (χ2n) is 3.68. The molecule has 0 fully saturated rings. The molecule has 0 amide bonds. The molecule has 0 spiro atoms. The summed E-state index contributed by atoms with van der Waals surface area (Å²) in [6.07, 6.45) is 1.15. The summed E-state index contributed by atoms with van der Waals surface area (Å²) in [5.41, 5.74) is 5.94. The second-order valence-corrected chi connectivity index (χ2v) is 5.75. The van der Waals surface area contributed by atoms with Crippen LogP contribution in [-0.4, -0.2) is 23.4 Å². The molecule has 2 aromatic heterocycles. The number of sulfonamides is 1. The van der Waals surface area contributed by atoms with Crippen LogP contribution in [0.3, 0.4) is 0 Å². The molecule has 0 aliphatic carbocycles. The van der Waals surface area contributed by atoms with Crippen molar-refractivity contribution >= 4 is 33.4 Å². The number of hydrogen-bond acceptors (Lipinski definition) is 6. The zero-order valence-corrected chi connectivity index (χ0v) is 11.4. The van der Waals surface area contributed by atoms with Crippen molar-refractivity contribution in [1.29, 1.82) is 0 Å². The monoisotopic (exact) mass is 299 g/mol. The number of aryl methyl sites for hydroxylation is 1. The highest BCUT2D eigenvalue weighted by atomic mass is 35.5. The number of nitrogen functional groups attached to an aromatic ring is 1. The van der Waals surface area contributed by atoms with Crippen LogP contribution in [0.25, 0.3) is 0 Å². The van der Waals surface area contributed by atoms with Crippen molar-refractivity contribution in [1.82, 2.24) is 15.0 Å². The number of anilines is 2. The van der Waals surface area contributed by atoms with Crippen LogP contribution < -0.4 is 10.5 Å². The molecule has 0 radical (unpaired) electrons. The maximum atomic E-state index is 12.0. The van der Waals surface area contributed by atoms with Crippen LogP contribution >= 0.6 is 11.6 Å². The van der Waals surface area contributed by atoms with E-state index in [-0.39, 0.29) is 21.8 Å². The fourth-order valence-corrected chi connectivity index (χ4v) is 2.43. The van der Waals surface area contributed by atoms with Crippen molar-refractivity contribution in [3.63, 3.8) is 0 Å². The first-order valence-corrected chi connectivity index (χ1v) is 6.98. The second kappa shape index (κ2) is 4.98. The van der Waals surface area contributed by atoms with Gasteiger partial charge in [0.05, 0.1) is 0 Å². The van der Waals surface area contributed by atoms with E-state index in [0.29, 0.717) is 5.69 Å². The number of nitrogens with one attached hydrogen (secondary N) is 1. The molecule has 19 heavy (non-hydrogen) atoms. The van der Waals surface area contributed by atoms with E-state index < -0.39 is 10.0 Å². The van der Waals surface area contributed by atoms with Crippen molar-refractivity contribution in [2.75, 3.05) is 10.5 Å². The zero-order valence-electron chi connectivity index (χ0n) is 9.83. The summed E-state index contributed by atoms with van der Waals surface area (Å²) in [6.45, 7) is 1.68. The van der Waals surface area contributed by atoms with Gasteiger partial charge in [0.2, 0.25) is 5.95 Å². The largest absolute Gasteiger partial charge is 0.384 e. The predicted octanol–water partition coefficient (Wildman–Crippen LogP) is 1.22. The molecule has 0 saturated carbocycles. The predicted molar refractivity (Wildman–Crippen MR) is 71.2 cm³/mol. The van der Waals surface area contributed by atoms with Crippen LogP contribution in [0, 0.1) is 6.92 Å². The van der Waals surface area contributed by atoms with Crippen molar-refractivity contribution < 1.29 is 8.42 Å². The average molecular weight is 300 g/mol. The van der Waals surface area contributed by atoms with Gasteiger partial charge in [0, 0.05) is 11.9 Å². The lowest BCUT2D eigenvalue weighted by Crippen LogP contribution is -2.15. The van der Waals surface area contributed by atoms with Crippen molar-refractivity contribution in [3.8, 4) is 0 Å². The Kier molecular flexibility index (Phi) is 3.54. The van der Waals surface area contributed by atoms with Crippen molar-refractivity contribution in [2.45, 2.75) is 11.8 Å². The lowest BCUT2D eigenvalue weighted by Gasteiger charge is -2.07. The third kappa shape index (κ3) is 3.30. The highest BCUT2D eigenvalue weighted by Gasteiger charge is 2.16. The molecule has 100 valence electrons. The number of halogens is 1. The van der Waals surface area contributed by atoms with Crippen LogP contribution in [-0.2, 0) is 10.0 Å². The topological polar surface area (TPSA) is 111 Å². The number of pyridine rings is 1. The van der Waals surface area contributed by atoms with Gasteiger partial charge in [0.25, 0.3) is 10.0 Å². The molecule has 0 aliphatic heterocycles. The Balaban J connectivity index is 2.33. The molecule has 0 saturated heterocycles. The van der Waals surface area contributed by atoms with Crippen LogP contribution in [0.2, 0.25) is 5.15 Å². The highest BCUT2D eigenvalue weighted by Crippen LogP contribution is 2.15. The Morgan fingerprint density at radius 2 is 2.05 bits per heavy atom. The van der Waals surface area contributed by atoms with Gasteiger partial charge in [0.1, 0.15) is 15.9 Å².